The fourth-order valence-corrected chi connectivity index (χ4v) is 16.3. The molecule has 2 unspecified atom stereocenters. The number of anilines is 5. The third kappa shape index (κ3) is 14.8. The van der Waals surface area contributed by atoms with Crippen LogP contribution in [0.1, 0.15) is 102 Å². The van der Waals surface area contributed by atoms with E-state index in [0.29, 0.717) is 45.5 Å². The van der Waals surface area contributed by atoms with Crippen LogP contribution in [-0.4, -0.2) is 265 Å². The number of aliphatic hydroxyl groups excluding tert-OH is 1. The molecule has 6 atom stereocenters. The molecular weight excluding hydrogens is 1370 g/mol. The standard InChI is InChI=1S/C37H40N10O6.C37H42N10O4.C2H6O/c1-22-20-44(32-17-24(9-10-38-32)34-29-19-26(47(52)53)4-6-30(29)40-41-34)21-23(2)45(22)16-13-42-11-14-43(15-12-42)25-3-5-27-28(18-25)37(51)46(36(27)50)31-7-8-33(48)39-35(31)49;1-22-20-45(32-17-24(9-10-39-32)34-29-18-25(38)3-6-30(29)41-42-34)21-23(2)46(22)16-13-43-11-14-44(15-12-43)26-4-5-27-28(19-26)37(51)47(36(27)50)31-7-8-33(48)40-35(31)49;1-2-3/h3-6,9-10,17-19,22-23,31H,7-8,11-16,20-21H2,1-2H3,(H,40,41)(H,39,48,49);3-6,9-10,17-19,22-23,31H,7-8,11-16,20-21,38H2,1-2H3,(H,41,42)(H,40,48,49);3H,2H2,1H3/t2*22-,23+,31?;. The average molecular weight is 1460 g/mol. The van der Waals surface area contributed by atoms with Crippen molar-refractivity contribution in [2.24, 2.45) is 0 Å². The van der Waals surface area contributed by atoms with Crippen molar-refractivity contribution in [1.82, 2.24) is 70.4 Å². The highest BCUT2D eigenvalue weighted by molar-refractivity contribution is 6.25. The summed E-state index contributed by atoms with van der Waals surface area (Å²) in [6, 6.07) is 28.4. The number of piperidine rings is 2. The van der Waals surface area contributed by atoms with Gasteiger partial charge >= 0.3 is 0 Å². The molecule has 8 aromatic rings. The molecule has 6 saturated heterocycles. The van der Waals surface area contributed by atoms with Crippen LogP contribution in [0.5, 0.6) is 0 Å². The lowest BCUT2D eigenvalue weighted by atomic mass is 10.0. The number of H-pyrrole nitrogens is 2. The highest BCUT2D eigenvalue weighted by atomic mass is 16.6. The van der Waals surface area contributed by atoms with E-state index in [9.17, 15) is 48.5 Å². The molecule has 0 bridgehead atoms. The molecule has 31 heteroatoms. The van der Waals surface area contributed by atoms with Gasteiger partial charge < -0.3 is 30.4 Å². The molecular formula is C76H88N20O11. The summed E-state index contributed by atoms with van der Waals surface area (Å²) in [6.45, 7) is 24.8. The van der Waals surface area contributed by atoms with Crippen LogP contribution in [0.25, 0.3) is 44.3 Å². The number of aromatic amines is 2. The number of carbonyl (C=O) groups excluding carboxylic acids is 8. The number of rotatable bonds is 15. The second-order valence-corrected chi connectivity index (χ2v) is 28.8. The summed E-state index contributed by atoms with van der Waals surface area (Å²) >= 11 is 0. The third-order valence-electron chi connectivity index (χ3n) is 21.9. The largest absolute Gasteiger partial charge is 0.399 e. The summed E-state index contributed by atoms with van der Waals surface area (Å²) in [5.41, 5.74) is 14.8. The number of hydrogen-bond donors (Lipinski definition) is 6. The fourth-order valence-electron chi connectivity index (χ4n) is 16.3. The molecule has 4 aromatic carbocycles. The molecule has 0 saturated carbocycles. The number of nitro groups is 1. The Kier molecular flexibility index (Phi) is 20.9. The third-order valence-corrected chi connectivity index (χ3v) is 21.9. The Morgan fingerprint density at radius 2 is 0.897 bits per heavy atom. The SMILES string of the molecule is CCO.C[C@@H]1CN(c2cc(-c3n[nH]c4ccc(N)cc34)ccn2)C[C@H](C)N1CCN1CCN(c2ccc3c(c2)C(=O)N(C2CCC(=O)NC2=O)C3=O)CC1.C[C@@H]1CN(c2cc(-c3n[nH]c4ccc([N+](=O)[O-])cc34)ccn2)C[C@H](C)N1CCN1CCN(c2ccc3c(c2)C(=O)N(C2CCC(=O)NC2=O)C3=O)CC1. The van der Waals surface area contributed by atoms with Gasteiger partial charge in [0.1, 0.15) is 35.1 Å². The van der Waals surface area contributed by atoms with Gasteiger partial charge in [0.05, 0.1) is 38.2 Å². The number of fused-ring (bicyclic) bond motifs is 4. The average Bonchev–Trinajstić information content (AvgIpc) is 1.63. The van der Waals surface area contributed by atoms with Crippen molar-refractivity contribution in [3.8, 4) is 22.5 Å². The molecule has 6 fully saturated rings. The molecule has 0 radical (unpaired) electrons. The maximum Gasteiger partial charge on any atom is 0.270 e. The van der Waals surface area contributed by atoms with Gasteiger partial charge in [0.15, 0.2) is 0 Å². The number of nitrogens with one attached hydrogen (secondary N) is 4. The van der Waals surface area contributed by atoms with Gasteiger partial charge in [-0.15, -0.1) is 0 Å². The number of imide groups is 4. The van der Waals surface area contributed by atoms with E-state index >= 15 is 0 Å². The van der Waals surface area contributed by atoms with E-state index in [4.69, 9.17) is 15.8 Å². The summed E-state index contributed by atoms with van der Waals surface area (Å²) in [5.74, 6) is -2.15. The number of benzene rings is 4. The molecule has 8 aliphatic heterocycles. The maximum atomic E-state index is 13.3. The Hall–Kier alpha value is -11.1. The number of aromatic nitrogens is 6. The van der Waals surface area contributed by atoms with Crippen molar-refractivity contribution >= 4 is 103 Å². The topological polar surface area (TPSA) is 366 Å². The van der Waals surface area contributed by atoms with Gasteiger partial charge in [-0.3, -0.25) is 98.7 Å². The zero-order valence-corrected chi connectivity index (χ0v) is 60.5. The van der Waals surface area contributed by atoms with Crippen molar-refractivity contribution < 1.29 is 48.4 Å². The first-order valence-corrected chi connectivity index (χ1v) is 36.7. The Balaban J connectivity index is 0.000000173. The predicted molar refractivity (Wildman–Crippen MR) is 402 cm³/mol. The summed E-state index contributed by atoms with van der Waals surface area (Å²) in [7, 11) is 0. The number of nitro benzene ring substituents is 1. The summed E-state index contributed by atoms with van der Waals surface area (Å²) in [6.07, 6.45) is 4.08. The number of amides is 8. The monoisotopic (exact) mass is 1460 g/mol. The lowest BCUT2D eigenvalue weighted by Gasteiger charge is -2.46. The van der Waals surface area contributed by atoms with Crippen LogP contribution >= 0.6 is 0 Å². The number of hydrogen-bond acceptors (Lipinski definition) is 24. The smallest absolute Gasteiger partial charge is 0.270 e. The second kappa shape index (κ2) is 30.8. The first-order valence-electron chi connectivity index (χ1n) is 36.7. The van der Waals surface area contributed by atoms with Crippen LogP contribution < -0.4 is 36.0 Å². The number of carbonyl (C=O) groups is 8. The Morgan fingerprint density at radius 3 is 1.31 bits per heavy atom. The highest BCUT2D eigenvalue weighted by Gasteiger charge is 2.47. The quantitative estimate of drug-likeness (QED) is 0.0341. The van der Waals surface area contributed by atoms with Gasteiger partial charge in [-0.1, -0.05) is 0 Å². The van der Waals surface area contributed by atoms with E-state index in [1.807, 2.05) is 54.7 Å². The Bertz CT molecular complexity index is 4770. The maximum absolute atomic E-state index is 13.3. The summed E-state index contributed by atoms with van der Waals surface area (Å²) in [5, 5.41) is 40.3. The minimum Gasteiger partial charge on any atom is -0.399 e. The van der Waals surface area contributed by atoms with Gasteiger partial charge in [-0.25, -0.2) is 9.97 Å². The second-order valence-electron chi connectivity index (χ2n) is 28.8. The number of pyridine rings is 2. The van der Waals surface area contributed by atoms with Crippen molar-refractivity contribution in [3.63, 3.8) is 0 Å². The number of non-ortho nitro benzene ring substituents is 1. The molecule has 8 amide bonds. The lowest BCUT2D eigenvalue weighted by Crippen LogP contribution is -2.59. The Morgan fingerprint density at radius 1 is 0.495 bits per heavy atom. The van der Waals surface area contributed by atoms with Crippen LogP contribution in [-0.2, 0) is 19.2 Å². The number of piperazine rings is 4. The molecule has 0 aliphatic carbocycles. The van der Waals surface area contributed by atoms with Crippen molar-refractivity contribution in [3.05, 3.63) is 142 Å². The highest BCUT2D eigenvalue weighted by Crippen LogP contribution is 2.37. The van der Waals surface area contributed by atoms with Gasteiger partial charge in [0.25, 0.3) is 29.3 Å². The first kappa shape index (κ1) is 72.8. The minimum atomic E-state index is -0.980. The number of aliphatic hydroxyl groups is 1. The lowest BCUT2D eigenvalue weighted by molar-refractivity contribution is -0.384. The minimum absolute atomic E-state index is 0.0205. The van der Waals surface area contributed by atoms with Gasteiger partial charge in [-0.05, 0) is 132 Å². The molecule has 8 aliphatic rings. The van der Waals surface area contributed by atoms with Crippen LogP contribution in [0.3, 0.4) is 0 Å². The zero-order chi connectivity index (χ0) is 75.1. The first-order chi connectivity index (χ1) is 51.6. The van der Waals surface area contributed by atoms with Crippen molar-refractivity contribution in [1.29, 1.82) is 0 Å². The van der Waals surface area contributed by atoms with Crippen LogP contribution in [0.15, 0.2) is 109 Å². The summed E-state index contributed by atoms with van der Waals surface area (Å²) < 4.78 is 0. The van der Waals surface area contributed by atoms with Gasteiger partial charge in [0, 0.05) is 212 Å². The van der Waals surface area contributed by atoms with E-state index in [0.717, 1.165) is 171 Å². The molecule has 558 valence electrons. The van der Waals surface area contributed by atoms with Crippen LogP contribution in [0, 0.1) is 10.1 Å². The predicted octanol–water partition coefficient (Wildman–Crippen LogP) is 4.98. The van der Waals surface area contributed by atoms with Crippen LogP contribution in [0.4, 0.5) is 34.4 Å². The molecule has 4 aromatic heterocycles. The molecule has 31 nitrogen and oxygen atoms in total. The summed E-state index contributed by atoms with van der Waals surface area (Å²) in [4.78, 5) is 143. The number of nitrogens with two attached hydrogens (primary N) is 1. The zero-order valence-electron chi connectivity index (χ0n) is 60.5. The number of nitrogens with zero attached hydrogens (tertiary/aromatic N) is 15. The van der Waals surface area contributed by atoms with E-state index in [-0.39, 0.29) is 61.5 Å². The van der Waals surface area contributed by atoms with Gasteiger partial charge in [-0.2, -0.15) is 10.2 Å². The molecule has 7 N–H and O–H groups in total. The van der Waals surface area contributed by atoms with E-state index < -0.39 is 58.4 Å². The van der Waals surface area contributed by atoms with Crippen molar-refractivity contribution in [2.75, 3.05) is 137 Å². The molecule has 16 rings (SSSR count). The van der Waals surface area contributed by atoms with Crippen molar-refractivity contribution in [2.45, 2.75) is 96.6 Å². The van der Waals surface area contributed by atoms with Crippen LogP contribution in [0.2, 0.25) is 0 Å². The molecule has 0 spiro atoms. The molecule has 107 heavy (non-hydrogen) atoms. The normalized spacial score (nSPS) is 22.6. The van der Waals surface area contributed by atoms with E-state index in [1.54, 1.807) is 49.5 Å². The number of nitrogen functional groups attached to an aromatic ring is 1. The Labute approximate surface area is 617 Å². The van der Waals surface area contributed by atoms with Gasteiger partial charge in [0.2, 0.25) is 23.6 Å². The fraction of sp³-hybridized carbons (Fsp3) is 0.421. The van der Waals surface area contributed by atoms with E-state index in [2.05, 4.69) is 109 Å². The molecule has 12 heterocycles. The van der Waals surface area contributed by atoms with E-state index in [1.165, 1.54) is 6.07 Å².